The number of rotatable bonds is 0. The molecule has 1 aromatic rings. The van der Waals surface area contributed by atoms with E-state index in [1.807, 2.05) is 31.5 Å². The Hall–Kier alpha value is -0.760. The van der Waals surface area contributed by atoms with Gasteiger partial charge in [-0.15, -0.1) is 0 Å². The summed E-state index contributed by atoms with van der Waals surface area (Å²) in [5, 5.41) is 0. The van der Waals surface area contributed by atoms with Crippen molar-refractivity contribution in [3.8, 4) is 0 Å². The van der Waals surface area contributed by atoms with E-state index in [4.69, 9.17) is 5.73 Å². The van der Waals surface area contributed by atoms with Crippen molar-refractivity contribution in [2.45, 2.75) is 6.92 Å². The summed E-state index contributed by atoms with van der Waals surface area (Å²) in [7, 11) is 0. The zero-order valence-corrected chi connectivity index (χ0v) is 5.09. The van der Waals surface area contributed by atoms with E-state index in [9.17, 15) is 0 Å². The second kappa shape index (κ2) is 6.24. The van der Waals surface area contributed by atoms with Gasteiger partial charge in [0.15, 0.2) is 0 Å². The molecule has 0 aliphatic carbocycles. The fourth-order valence-corrected chi connectivity index (χ4v) is 0.278. The van der Waals surface area contributed by atoms with Gasteiger partial charge < -0.3 is 10.7 Å². The van der Waals surface area contributed by atoms with Crippen LogP contribution in [-0.4, -0.2) is 11.5 Å². The molecule has 0 fully saturated rings. The first kappa shape index (κ1) is 7.24. The Morgan fingerprint density at radius 2 is 1.75 bits per heavy atom. The molecule has 3 N–H and O–H groups in total. The van der Waals surface area contributed by atoms with E-state index in [0.717, 1.165) is 6.54 Å². The van der Waals surface area contributed by atoms with E-state index in [1.54, 1.807) is 0 Å². The molecule has 1 aromatic heterocycles. The number of aromatic amines is 1. The second-order valence-electron chi connectivity index (χ2n) is 1.29. The molecule has 0 aliphatic rings. The Morgan fingerprint density at radius 3 is 1.88 bits per heavy atom. The Kier molecular flexibility index (Phi) is 5.65. The minimum Gasteiger partial charge on any atom is -0.368 e. The van der Waals surface area contributed by atoms with E-state index in [0.29, 0.717) is 0 Å². The van der Waals surface area contributed by atoms with Gasteiger partial charge in [-0.25, -0.2) is 0 Å². The van der Waals surface area contributed by atoms with E-state index >= 15 is 0 Å². The van der Waals surface area contributed by atoms with E-state index in [1.165, 1.54) is 0 Å². The van der Waals surface area contributed by atoms with Crippen LogP contribution in [0.3, 0.4) is 0 Å². The Labute approximate surface area is 49.7 Å². The van der Waals surface area contributed by atoms with Crippen LogP contribution in [0.5, 0.6) is 0 Å². The average molecular weight is 112 g/mol. The summed E-state index contributed by atoms with van der Waals surface area (Å²) < 4.78 is 0. The van der Waals surface area contributed by atoms with E-state index in [2.05, 4.69) is 4.98 Å². The van der Waals surface area contributed by atoms with Gasteiger partial charge in [0.2, 0.25) is 0 Å². The maximum Gasteiger partial charge on any atom is 0.000496 e. The number of nitrogens with two attached hydrogens (primary N) is 1. The molecule has 0 atom stereocenters. The van der Waals surface area contributed by atoms with Crippen LogP contribution in [0.2, 0.25) is 0 Å². The molecule has 0 saturated heterocycles. The van der Waals surface area contributed by atoms with Gasteiger partial charge in [-0.3, -0.25) is 0 Å². The van der Waals surface area contributed by atoms with Gasteiger partial charge >= 0.3 is 0 Å². The molecular weight excluding hydrogens is 100 g/mol. The van der Waals surface area contributed by atoms with Crippen molar-refractivity contribution in [1.29, 1.82) is 0 Å². The van der Waals surface area contributed by atoms with Crippen LogP contribution in [-0.2, 0) is 0 Å². The topological polar surface area (TPSA) is 41.8 Å². The van der Waals surface area contributed by atoms with Gasteiger partial charge in [0, 0.05) is 12.4 Å². The lowest BCUT2D eigenvalue weighted by molar-refractivity contribution is 1.14. The third kappa shape index (κ3) is 5.24. The van der Waals surface area contributed by atoms with Crippen LogP contribution in [0.1, 0.15) is 6.92 Å². The van der Waals surface area contributed by atoms with Gasteiger partial charge in [-0.2, -0.15) is 0 Å². The van der Waals surface area contributed by atoms with Gasteiger partial charge in [-0.05, 0) is 18.7 Å². The summed E-state index contributed by atoms with van der Waals surface area (Å²) in [4.78, 5) is 2.86. The van der Waals surface area contributed by atoms with Crippen LogP contribution < -0.4 is 5.73 Å². The Balaban J connectivity index is 0.000000145. The standard InChI is InChI=1S/C4H5N.C2H7N/c1-2-4-5-3-1;1-2-3/h1-5H;2-3H2,1H3. The summed E-state index contributed by atoms with van der Waals surface area (Å²) in [6.07, 6.45) is 3.75. The first-order valence-corrected chi connectivity index (χ1v) is 2.69. The summed E-state index contributed by atoms with van der Waals surface area (Å²) in [5.41, 5.74) is 4.85. The van der Waals surface area contributed by atoms with Crippen molar-refractivity contribution >= 4 is 0 Å². The normalized spacial score (nSPS) is 7.25. The number of aromatic nitrogens is 1. The highest BCUT2D eigenvalue weighted by atomic mass is 14.6. The van der Waals surface area contributed by atoms with Gasteiger partial charge in [-0.1, -0.05) is 6.92 Å². The monoisotopic (exact) mass is 112 g/mol. The smallest absolute Gasteiger partial charge is 0.000496 e. The molecule has 0 aromatic carbocycles. The Morgan fingerprint density at radius 1 is 1.38 bits per heavy atom. The summed E-state index contributed by atoms with van der Waals surface area (Å²) in [6, 6.07) is 3.89. The second-order valence-corrected chi connectivity index (χ2v) is 1.29. The predicted octanol–water partition coefficient (Wildman–Crippen LogP) is 0.980. The van der Waals surface area contributed by atoms with Crippen LogP contribution >= 0.6 is 0 Å². The van der Waals surface area contributed by atoms with E-state index in [-0.39, 0.29) is 0 Å². The lowest BCUT2D eigenvalue weighted by atomic mass is 10.7. The van der Waals surface area contributed by atoms with Gasteiger partial charge in [0.05, 0.1) is 0 Å². The zero-order chi connectivity index (χ0) is 6.24. The number of hydrogen-bond acceptors (Lipinski definition) is 1. The zero-order valence-electron chi connectivity index (χ0n) is 5.09. The maximum atomic E-state index is 4.85. The van der Waals surface area contributed by atoms with Crippen molar-refractivity contribution < 1.29 is 0 Å². The first-order chi connectivity index (χ1) is 3.91. The molecule has 0 radical (unpaired) electrons. The maximum absolute atomic E-state index is 4.85. The third-order valence-electron chi connectivity index (χ3n) is 0.496. The van der Waals surface area contributed by atoms with Gasteiger partial charge in [0.25, 0.3) is 0 Å². The number of H-pyrrole nitrogens is 1. The van der Waals surface area contributed by atoms with Crippen LogP contribution in [0.4, 0.5) is 0 Å². The molecule has 0 aliphatic heterocycles. The molecule has 1 heterocycles. The fourth-order valence-electron chi connectivity index (χ4n) is 0.278. The van der Waals surface area contributed by atoms with Crippen molar-refractivity contribution in [1.82, 2.24) is 4.98 Å². The van der Waals surface area contributed by atoms with Crippen LogP contribution in [0.25, 0.3) is 0 Å². The molecule has 0 unspecified atom stereocenters. The van der Waals surface area contributed by atoms with Crippen molar-refractivity contribution in [3.63, 3.8) is 0 Å². The summed E-state index contributed by atoms with van der Waals surface area (Å²) >= 11 is 0. The highest BCUT2D eigenvalue weighted by Gasteiger charge is 1.55. The fraction of sp³-hybridized carbons (Fsp3) is 0.333. The van der Waals surface area contributed by atoms with Crippen LogP contribution in [0.15, 0.2) is 24.5 Å². The summed E-state index contributed by atoms with van der Waals surface area (Å²) in [6.45, 7) is 2.65. The lowest BCUT2D eigenvalue weighted by Crippen LogP contribution is -1.87. The molecule has 0 bridgehead atoms. The largest absolute Gasteiger partial charge is 0.368 e. The number of nitrogens with one attached hydrogen (secondary N) is 1. The van der Waals surface area contributed by atoms with Crippen molar-refractivity contribution in [2.24, 2.45) is 5.73 Å². The SMILES string of the molecule is CCN.c1cc[nH]c1. The molecule has 0 amide bonds. The molecule has 2 nitrogen and oxygen atoms in total. The molecule has 0 saturated carbocycles. The highest BCUT2D eigenvalue weighted by Crippen LogP contribution is 1.72. The van der Waals surface area contributed by atoms with Crippen molar-refractivity contribution in [3.05, 3.63) is 24.5 Å². The Bertz CT molecular complexity index is 73.4. The molecule has 1 rings (SSSR count). The van der Waals surface area contributed by atoms with Crippen molar-refractivity contribution in [2.75, 3.05) is 6.54 Å². The minimum absolute atomic E-state index is 0.750. The van der Waals surface area contributed by atoms with E-state index < -0.39 is 0 Å². The highest BCUT2D eigenvalue weighted by molar-refractivity contribution is 4.84. The number of hydrogen-bond donors (Lipinski definition) is 2. The molecule has 2 heteroatoms. The minimum atomic E-state index is 0.750. The molecule has 8 heavy (non-hydrogen) atoms. The predicted molar refractivity (Wildman–Crippen MR) is 35.5 cm³/mol. The quantitative estimate of drug-likeness (QED) is 0.516. The van der Waals surface area contributed by atoms with Crippen LogP contribution in [0, 0.1) is 0 Å². The third-order valence-corrected chi connectivity index (χ3v) is 0.496. The first-order valence-electron chi connectivity index (χ1n) is 2.69. The molecule has 0 spiro atoms. The molecular formula is C6H12N2. The lowest BCUT2D eigenvalue weighted by Gasteiger charge is -1.53. The van der Waals surface area contributed by atoms with Gasteiger partial charge in [0.1, 0.15) is 0 Å². The summed E-state index contributed by atoms with van der Waals surface area (Å²) in [5.74, 6) is 0. The molecule has 46 valence electrons. The average Bonchev–Trinajstić information content (AvgIpc) is 2.17.